The fourth-order valence-corrected chi connectivity index (χ4v) is 5.55. The van der Waals surface area contributed by atoms with Gasteiger partial charge in [0.15, 0.2) is 0 Å². The van der Waals surface area contributed by atoms with Crippen molar-refractivity contribution in [3.63, 3.8) is 0 Å². The van der Waals surface area contributed by atoms with E-state index in [2.05, 4.69) is 10.2 Å². The Balaban J connectivity index is 1.45. The molecule has 0 atom stereocenters. The minimum absolute atomic E-state index is 0.00305. The molecular formula is C19H27ClFN3O3S. The molecule has 0 aliphatic carbocycles. The lowest BCUT2D eigenvalue weighted by Gasteiger charge is -2.30. The lowest BCUT2D eigenvalue weighted by molar-refractivity contribution is -0.126. The Morgan fingerprint density at radius 1 is 1.18 bits per heavy atom. The summed E-state index contributed by atoms with van der Waals surface area (Å²) in [6, 6.07) is 3.40. The van der Waals surface area contributed by atoms with Crippen LogP contribution in [0.5, 0.6) is 0 Å². The quantitative estimate of drug-likeness (QED) is 0.673. The van der Waals surface area contributed by atoms with Gasteiger partial charge in [-0.3, -0.25) is 4.79 Å². The zero-order valence-corrected chi connectivity index (χ0v) is 17.4. The van der Waals surface area contributed by atoms with Crippen LogP contribution in [0.4, 0.5) is 4.39 Å². The van der Waals surface area contributed by atoms with Crippen molar-refractivity contribution in [1.82, 2.24) is 14.5 Å². The maximum atomic E-state index is 13.3. The SMILES string of the molecule is O=C(NCCCN1CCCC1)C1CCN(S(=O)(=O)c2ccc(F)c(Cl)c2)CC1. The molecule has 1 N–H and O–H groups in total. The van der Waals surface area contributed by atoms with E-state index in [1.807, 2.05) is 0 Å². The molecule has 2 aliphatic rings. The van der Waals surface area contributed by atoms with Crippen molar-refractivity contribution < 1.29 is 17.6 Å². The van der Waals surface area contributed by atoms with Crippen LogP contribution in [0.15, 0.2) is 23.1 Å². The first kappa shape index (κ1) is 21.5. The molecular weight excluding hydrogens is 405 g/mol. The van der Waals surface area contributed by atoms with Gasteiger partial charge in [0.25, 0.3) is 0 Å². The third kappa shape index (κ3) is 5.23. The van der Waals surface area contributed by atoms with E-state index in [0.717, 1.165) is 38.2 Å². The summed E-state index contributed by atoms with van der Waals surface area (Å²) in [6.07, 6.45) is 4.42. The number of nitrogens with zero attached hydrogens (tertiary/aromatic N) is 2. The zero-order chi connectivity index (χ0) is 20.1. The number of carbonyl (C=O) groups excluding carboxylic acids is 1. The molecule has 0 aromatic heterocycles. The largest absolute Gasteiger partial charge is 0.356 e. The highest BCUT2D eigenvalue weighted by Crippen LogP contribution is 2.26. The molecule has 0 saturated carbocycles. The Morgan fingerprint density at radius 3 is 2.50 bits per heavy atom. The summed E-state index contributed by atoms with van der Waals surface area (Å²) in [5.41, 5.74) is 0. The Hall–Kier alpha value is -1.22. The number of hydrogen-bond donors (Lipinski definition) is 1. The third-order valence-corrected chi connectivity index (χ3v) is 7.69. The summed E-state index contributed by atoms with van der Waals surface area (Å²) in [5.74, 6) is -0.820. The van der Waals surface area contributed by atoms with E-state index in [-0.39, 0.29) is 34.8 Å². The topological polar surface area (TPSA) is 69.7 Å². The van der Waals surface area contributed by atoms with Crippen molar-refractivity contribution in [2.45, 2.75) is 37.0 Å². The van der Waals surface area contributed by atoms with Crippen molar-refractivity contribution in [3.05, 3.63) is 29.0 Å². The molecule has 1 aromatic carbocycles. The van der Waals surface area contributed by atoms with Gasteiger partial charge in [0, 0.05) is 25.6 Å². The van der Waals surface area contributed by atoms with E-state index in [1.54, 1.807) is 0 Å². The van der Waals surface area contributed by atoms with E-state index in [0.29, 0.717) is 19.4 Å². The molecule has 6 nitrogen and oxygen atoms in total. The van der Waals surface area contributed by atoms with Crippen LogP contribution in [0.1, 0.15) is 32.1 Å². The van der Waals surface area contributed by atoms with Gasteiger partial charge >= 0.3 is 0 Å². The average molecular weight is 432 g/mol. The van der Waals surface area contributed by atoms with Crippen LogP contribution in [0, 0.1) is 11.7 Å². The molecule has 0 radical (unpaired) electrons. The number of carbonyl (C=O) groups is 1. The van der Waals surface area contributed by atoms with Crippen LogP contribution in [-0.4, -0.2) is 62.8 Å². The number of piperidine rings is 1. The lowest BCUT2D eigenvalue weighted by Crippen LogP contribution is -2.43. The number of benzene rings is 1. The van der Waals surface area contributed by atoms with E-state index < -0.39 is 15.8 Å². The highest BCUT2D eigenvalue weighted by atomic mass is 35.5. The molecule has 9 heteroatoms. The second-order valence-electron chi connectivity index (χ2n) is 7.45. The fourth-order valence-electron chi connectivity index (χ4n) is 3.81. The van der Waals surface area contributed by atoms with E-state index in [1.165, 1.54) is 23.2 Å². The fraction of sp³-hybridized carbons (Fsp3) is 0.632. The van der Waals surface area contributed by atoms with Crippen molar-refractivity contribution in [2.75, 3.05) is 39.3 Å². The van der Waals surface area contributed by atoms with Crippen LogP contribution in [0.25, 0.3) is 0 Å². The van der Waals surface area contributed by atoms with E-state index in [9.17, 15) is 17.6 Å². The number of hydrogen-bond acceptors (Lipinski definition) is 4. The molecule has 0 bridgehead atoms. The summed E-state index contributed by atoms with van der Waals surface area (Å²) in [6.45, 7) is 4.51. The molecule has 2 aliphatic heterocycles. The molecule has 1 aromatic rings. The van der Waals surface area contributed by atoms with Gasteiger partial charge < -0.3 is 10.2 Å². The number of halogens is 2. The van der Waals surface area contributed by atoms with Gasteiger partial charge in [-0.15, -0.1) is 0 Å². The normalized spacial score (nSPS) is 19.8. The number of rotatable bonds is 7. The first-order valence-electron chi connectivity index (χ1n) is 9.83. The van der Waals surface area contributed by atoms with Crippen molar-refractivity contribution >= 4 is 27.5 Å². The number of nitrogens with one attached hydrogen (secondary N) is 1. The minimum Gasteiger partial charge on any atom is -0.356 e. The minimum atomic E-state index is -3.74. The first-order valence-corrected chi connectivity index (χ1v) is 11.6. The van der Waals surface area contributed by atoms with Gasteiger partial charge in [-0.1, -0.05) is 11.6 Å². The molecule has 1 amide bonds. The first-order chi connectivity index (χ1) is 13.4. The van der Waals surface area contributed by atoms with Gasteiger partial charge in [0.05, 0.1) is 9.92 Å². The van der Waals surface area contributed by atoms with Crippen LogP contribution in [0.3, 0.4) is 0 Å². The molecule has 0 spiro atoms. The van der Waals surface area contributed by atoms with Crippen molar-refractivity contribution in [1.29, 1.82) is 0 Å². The Bertz CT molecular complexity index is 792. The van der Waals surface area contributed by atoms with Crippen molar-refractivity contribution in [3.8, 4) is 0 Å². The molecule has 3 rings (SSSR count). The highest BCUT2D eigenvalue weighted by Gasteiger charge is 2.32. The van der Waals surface area contributed by atoms with Gasteiger partial charge in [0.1, 0.15) is 5.82 Å². The third-order valence-electron chi connectivity index (χ3n) is 5.50. The maximum Gasteiger partial charge on any atom is 0.243 e. The van der Waals surface area contributed by atoms with Crippen LogP contribution in [-0.2, 0) is 14.8 Å². The molecule has 0 unspecified atom stereocenters. The van der Waals surface area contributed by atoms with E-state index in [4.69, 9.17) is 11.6 Å². The summed E-state index contributed by atoms with van der Waals surface area (Å²) in [4.78, 5) is 14.7. The second-order valence-corrected chi connectivity index (χ2v) is 9.79. The van der Waals surface area contributed by atoms with Crippen LogP contribution < -0.4 is 5.32 Å². The Kier molecular flexibility index (Phi) is 7.31. The lowest BCUT2D eigenvalue weighted by atomic mass is 9.97. The molecule has 2 fully saturated rings. The molecule has 28 heavy (non-hydrogen) atoms. The predicted molar refractivity (Wildman–Crippen MR) is 106 cm³/mol. The summed E-state index contributed by atoms with van der Waals surface area (Å²) in [5, 5.41) is 2.76. The molecule has 2 saturated heterocycles. The second kappa shape index (κ2) is 9.52. The van der Waals surface area contributed by atoms with Crippen LogP contribution in [0.2, 0.25) is 5.02 Å². The maximum absolute atomic E-state index is 13.3. The number of amides is 1. The van der Waals surface area contributed by atoms with Crippen LogP contribution >= 0.6 is 11.6 Å². The zero-order valence-electron chi connectivity index (χ0n) is 15.9. The van der Waals surface area contributed by atoms with Gasteiger partial charge in [-0.25, -0.2) is 12.8 Å². The molecule has 156 valence electrons. The summed E-state index contributed by atoms with van der Waals surface area (Å²) < 4.78 is 40.0. The van der Waals surface area contributed by atoms with Gasteiger partial charge in [-0.05, 0) is 69.9 Å². The number of likely N-dealkylation sites (tertiary alicyclic amines) is 1. The number of sulfonamides is 1. The Morgan fingerprint density at radius 2 is 1.86 bits per heavy atom. The summed E-state index contributed by atoms with van der Waals surface area (Å²) in [7, 11) is -3.74. The predicted octanol–water partition coefficient (Wildman–Crippen LogP) is 2.48. The Labute approximate surface area is 171 Å². The van der Waals surface area contributed by atoms with Gasteiger partial charge in [-0.2, -0.15) is 4.31 Å². The smallest absolute Gasteiger partial charge is 0.243 e. The monoisotopic (exact) mass is 431 g/mol. The standard InChI is InChI=1S/C19H27ClFN3O3S/c20-17-14-16(4-5-18(17)21)28(26,27)24-12-6-15(7-13-24)19(25)22-8-3-11-23-9-1-2-10-23/h4-5,14-15H,1-3,6-13H2,(H,22,25). The summed E-state index contributed by atoms with van der Waals surface area (Å²) >= 11 is 5.71. The van der Waals surface area contributed by atoms with Gasteiger partial charge in [0.2, 0.25) is 15.9 Å². The average Bonchev–Trinajstić information content (AvgIpc) is 3.20. The van der Waals surface area contributed by atoms with Crippen molar-refractivity contribution in [2.24, 2.45) is 5.92 Å². The highest BCUT2D eigenvalue weighted by molar-refractivity contribution is 7.89. The molecule has 2 heterocycles. The van der Waals surface area contributed by atoms with E-state index >= 15 is 0 Å².